The summed E-state index contributed by atoms with van der Waals surface area (Å²) in [6.07, 6.45) is -0.517. The number of ether oxygens (including phenoxy) is 2. The highest BCUT2D eigenvalue weighted by Gasteiger charge is 2.49. The zero-order valence-corrected chi connectivity index (χ0v) is 17.0. The van der Waals surface area contributed by atoms with Crippen LogP contribution in [0, 0.1) is 0 Å². The monoisotopic (exact) mass is 437 g/mol. The van der Waals surface area contributed by atoms with Crippen LogP contribution >= 0.6 is 15.9 Å². The predicted octanol–water partition coefficient (Wildman–Crippen LogP) is 5.13. The normalized spacial score (nSPS) is 18.6. The molecule has 4 nitrogen and oxygen atoms in total. The molecule has 0 unspecified atom stereocenters. The van der Waals surface area contributed by atoms with Crippen LogP contribution < -0.4 is 9.64 Å². The Balaban J connectivity index is 1.59. The van der Waals surface area contributed by atoms with Gasteiger partial charge in [0.25, 0.3) is 5.91 Å². The molecule has 0 aliphatic carbocycles. The van der Waals surface area contributed by atoms with E-state index in [1.165, 1.54) is 0 Å². The molecule has 28 heavy (non-hydrogen) atoms. The second kappa shape index (κ2) is 8.17. The van der Waals surface area contributed by atoms with Crippen LogP contribution in [0.25, 0.3) is 0 Å². The third-order valence-corrected chi connectivity index (χ3v) is 5.69. The number of hydrogen-bond acceptors (Lipinski definition) is 3. The van der Waals surface area contributed by atoms with Gasteiger partial charge in [-0.2, -0.15) is 0 Å². The van der Waals surface area contributed by atoms with Crippen LogP contribution in [0.2, 0.25) is 0 Å². The Morgan fingerprint density at radius 2 is 1.61 bits per heavy atom. The first kappa shape index (κ1) is 18.7. The number of carbonyl (C=O) groups excluding carboxylic acids is 1. The van der Waals surface area contributed by atoms with Crippen LogP contribution in [-0.2, 0) is 16.1 Å². The molecule has 1 heterocycles. The van der Waals surface area contributed by atoms with Crippen LogP contribution in [0.4, 0.5) is 5.69 Å². The van der Waals surface area contributed by atoms with Crippen molar-refractivity contribution in [3.05, 3.63) is 94.5 Å². The zero-order valence-electron chi connectivity index (χ0n) is 15.4. The van der Waals surface area contributed by atoms with Crippen LogP contribution in [-0.4, -0.2) is 19.1 Å². The number of carbonyl (C=O) groups is 1. The lowest BCUT2D eigenvalue weighted by Crippen LogP contribution is -2.60. The van der Waals surface area contributed by atoms with Crippen LogP contribution in [0.5, 0.6) is 5.75 Å². The minimum Gasteiger partial charge on any atom is -0.497 e. The highest BCUT2D eigenvalue weighted by atomic mass is 79.9. The summed E-state index contributed by atoms with van der Waals surface area (Å²) in [7, 11) is 1.63. The quantitative estimate of drug-likeness (QED) is 0.501. The van der Waals surface area contributed by atoms with Gasteiger partial charge in [0.2, 0.25) is 0 Å². The summed E-state index contributed by atoms with van der Waals surface area (Å²) in [5.41, 5.74) is 2.90. The molecular formula is C23H20BrNO3. The van der Waals surface area contributed by atoms with Crippen molar-refractivity contribution in [2.45, 2.75) is 18.8 Å². The Kier molecular flexibility index (Phi) is 5.46. The van der Waals surface area contributed by atoms with Crippen molar-refractivity contribution in [3.63, 3.8) is 0 Å². The van der Waals surface area contributed by atoms with Gasteiger partial charge in [-0.05, 0) is 41.5 Å². The molecule has 0 spiro atoms. The third-order valence-electron chi connectivity index (χ3n) is 4.91. The van der Waals surface area contributed by atoms with Gasteiger partial charge in [-0.25, -0.2) is 0 Å². The Morgan fingerprint density at radius 1 is 0.929 bits per heavy atom. The molecule has 4 rings (SSSR count). The minimum absolute atomic E-state index is 0.0360. The molecule has 1 saturated heterocycles. The van der Waals surface area contributed by atoms with E-state index in [2.05, 4.69) is 15.9 Å². The second-order valence-electron chi connectivity index (χ2n) is 6.58. The highest BCUT2D eigenvalue weighted by Crippen LogP contribution is 2.41. The van der Waals surface area contributed by atoms with Crippen molar-refractivity contribution >= 4 is 27.5 Å². The summed E-state index contributed by atoms with van der Waals surface area (Å²) in [6, 6.07) is 25.2. The van der Waals surface area contributed by atoms with Crippen LogP contribution in [0.3, 0.4) is 0 Å². The molecule has 0 aromatic heterocycles. The van der Waals surface area contributed by atoms with E-state index in [0.717, 1.165) is 27.0 Å². The number of hydrogen-bond donors (Lipinski definition) is 0. The molecule has 1 fully saturated rings. The van der Waals surface area contributed by atoms with Crippen molar-refractivity contribution in [1.82, 2.24) is 0 Å². The average molecular weight is 438 g/mol. The fourth-order valence-corrected chi connectivity index (χ4v) is 3.82. The minimum atomic E-state index is -0.517. The summed E-state index contributed by atoms with van der Waals surface area (Å²) >= 11 is 3.54. The van der Waals surface area contributed by atoms with E-state index in [9.17, 15) is 4.79 Å². The first-order valence-electron chi connectivity index (χ1n) is 9.06. The topological polar surface area (TPSA) is 38.8 Å². The number of nitrogens with zero attached hydrogens (tertiary/aromatic N) is 1. The van der Waals surface area contributed by atoms with Crippen LogP contribution in [0.15, 0.2) is 83.3 Å². The van der Waals surface area contributed by atoms with Gasteiger partial charge in [-0.1, -0.05) is 64.5 Å². The van der Waals surface area contributed by atoms with Crippen molar-refractivity contribution < 1.29 is 14.3 Å². The molecule has 1 aliphatic heterocycles. The van der Waals surface area contributed by atoms with Gasteiger partial charge in [-0.3, -0.25) is 9.69 Å². The fraction of sp³-hybridized carbons (Fsp3) is 0.174. The highest BCUT2D eigenvalue weighted by molar-refractivity contribution is 9.10. The Labute approximate surface area is 172 Å². The maximum atomic E-state index is 13.0. The summed E-state index contributed by atoms with van der Waals surface area (Å²) in [5.74, 6) is 0.723. The van der Waals surface area contributed by atoms with Crippen molar-refractivity contribution in [3.8, 4) is 5.75 Å². The maximum Gasteiger partial charge on any atom is 0.259 e. The molecule has 0 radical (unpaired) electrons. The fourth-order valence-electron chi connectivity index (χ4n) is 3.42. The van der Waals surface area contributed by atoms with E-state index in [1.807, 2.05) is 78.9 Å². The van der Waals surface area contributed by atoms with E-state index in [4.69, 9.17) is 9.47 Å². The van der Waals surface area contributed by atoms with Gasteiger partial charge < -0.3 is 9.47 Å². The number of benzene rings is 3. The van der Waals surface area contributed by atoms with Gasteiger partial charge in [-0.15, -0.1) is 0 Å². The van der Waals surface area contributed by atoms with Gasteiger partial charge in [0.15, 0.2) is 6.10 Å². The molecule has 1 amide bonds. The maximum absolute atomic E-state index is 13.0. The number of amides is 1. The van der Waals surface area contributed by atoms with Gasteiger partial charge in [0.1, 0.15) is 5.75 Å². The first-order chi connectivity index (χ1) is 13.7. The standard InChI is InChI=1S/C23H20BrNO3/c1-27-19-13-11-18(12-14-19)25-21(16-7-3-2-4-8-16)22(23(25)26)28-15-17-9-5-6-10-20(17)24/h2-14,21-22H,15H2,1H3/t21-,22+/m1/s1. The second-order valence-corrected chi connectivity index (χ2v) is 7.44. The Hall–Kier alpha value is -2.63. The molecular weight excluding hydrogens is 418 g/mol. The summed E-state index contributed by atoms with van der Waals surface area (Å²) in [4.78, 5) is 14.8. The number of methoxy groups -OCH3 is 1. The number of anilines is 1. The van der Waals surface area contributed by atoms with E-state index >= 15 is 0 Å². The first-order valence-corrected chi connectivity index (χ1v) is 9.85. The van der Waals surface area contributed by atoms with Gasteiger partial charge >= 0.3 is 0 Å². The molecule has 3 aromatic rings. The third kappa shape index (κ3) is 3.55. The lowest BCUT2D eigenvalue weighted by molar-refractivity contribution is -0.143. The predicted molar refractivity (Wildman–Crippen MR) is 112 cm³/mol. The van der Waals surface area contributed by atoms with Crippen molar-refractivity contribution in [2.75, 3.05) is 12.0 Å². The van der Waals surface area contributed by atoms with E-state index in [-0.39, 0.29) is 11.9 Å². The number of halogens is 1. The molecule has 142 valence electrons. The molecule has 3 aromatic carbocycles. The van der Waals surface area contributed by atoms with Crippen LogP contribution in [0.1, 0.15) is 17.2 Å². The molecule has 0 saturated carbocycles. The largest absolute Gasteiger partial charge is 0.497 e. The molecule has 0 bridgehead atoms. The van der Waals surface area contributed by atoms with E-state index < -0.39 is 6.10 Å². The van der Waals surface area contributed by atoms with Crippen molar-refractivity contribution in [1.29, 1.82) is 0 Å². The van der Waals surface area contributed by atoms with Gasteiger partial charge in [0, 0.05) is 10.2 Å². The molecule has 1 aliphatic rings. The van der Waals surface area contributed by atoms with E-state index in [0.29, 0.717) is 6.61 Å². The van der Waals surface area contributed by atoms with E-state index in [1.54, 1.807) is 12.0 Å². The Bertz CT molecular complexity index is 959. The summed E-state index contributed by atoms with van der Waals surface area (Å²) in [6.45, 7) is 0.373. The lowest BCUT2D eigenvalue weighted by Gasteiger charge is -2.47. The Morgan fingerprint density at radius 3 is 2.29 bits per heavy atom. The SMILES string of the molecule is COc1ccc(N2C(=O)[C@@H](OCc3ccccc3Br)[C@H]2c2ccccc2)cc1. The number of rotatable bonds is 6. The molecule has 5 heteroatoms. The molecule has 0 N–H and O–H groups in total. The lowest BCUT2D eigenvalue weighted by atomic mass is 9.89. The smallest absolute Gasteiger partial charge is 0.259 e. The summed E-state index contributed by atoms with van der Waals surface area (Å²) in [5, 5.41) is 0. The number of β-lactam (4-membered cyclic amide) rings is 1. The summed E-state index contributed by atoms with van der Waals surface area (Å²) < 4.78 is 12.3. The van der Waals surface area contributed by atoms with Crippen molar-refractivity contribution in [2.24, 2.45) is 0 Å². The zero-order chi connectivity index (χ0) is 19.5. The molecule has 2 atom stereocenters. The average Bonchev–Trinajstić information content (AvgIpc) is 2.74. The van der Waals surface area contributed by atoms with Gasteiger partial charge in [0.05, 0.1) is 19.8 Å².